The second-order valence-corrected chi connectivity index (χ2v) is 7.90. The summed E-state index contributed by atoms with van der Waals surface area (Å²) in [4.78, 5) is 15.7. The highest BCUT2D eigenvalue weighted by Crippen LogP contribution is 2.46. The molecule has 31 heavy (non-hydrogen) atoms. The molecule has 0 N–H and O–H groups in total. The van der Waals surface area contributed by atoms with Gasteiger partial charge in [-0.1, -0.05) is 29.8 Å². The van der Waals surface area contributed by atoms with E-state index in [0.29, 0.717) is 34.3 Å². The molecule has 5 nitrogen and oxygen atoms in total. The summed E-state index contributed by atoms with van der Waals surface area (Å²) in [6.07, 6.45) is 0.677. The standard InChI is InChI=1S/C25H24ClNO4/c1-14-9-10-15(2)23-17(14)13-18-19(26)7-6-8-20(18)27(23)25(28)16-11-21(29-3)24(31-5)22(12-16)30-4/h6-12H,13H2,1-5H3. The van der Waals surface area contributed by atoms with E-state index in [2.05, 4.69) is 13.0 Å². The van der Waals surface area contributed by atoms with Crippen LogP contribution in [0.15, 0.2) is 42.5 Å². The van der Waals surface area contributed by atoms with Crippen molar-refractivity contribution in [1.82, 2.24) is 0 Å². The van der Waals surface area contributed by atoms with Crippen molar-refractivity contribution < 1.29 is 19.0 Å². The first-order chi connectivity index (χ1) is 14.9. The Balaban J connectivity index is 1.96. The topological polar surface area (TPSA) is 48.0 Å². The molecule has 0 saturated carbocycles. The molecule has 0 aromatic heterocycles. The minimum atomic E-state index is -0.197. The lowest BCUT2D eigenvalue weighted by Crippen LogP contribution is -2.31. The highest BCUT2D eigenvalue weighted by molar-refractivity contribution is 6.32. The van der Waals surface area contributed by atoms with Crippen LogP contribution in [-0.2, 0) is 6.42 Å². The first kappa shape index (κ1) is 21.1. The number of carbonyl (C=O) groups is 1. The lowest BCUT2D eigenvalue weighted by Gasteiger charge is -2.34. The van der Waals surface area contributed by atoms with Crippen molar-refractivity contribution in [3.8, 4) is 17.2 Å². The second kappa shape index (κ2) is 8.16. The van der Waals surface area contributed by atoms with Crippen molar-refractivity contribution in [3.05, 3.63) is 75.3 Å². The van der Waals surface area contributed by atoms with Crippen LogP contribution in [0.25, 0.3) is 0 Å². The molecule has 0 radical (unpaired) electrons. The Morgan fingerprint density at radius 2 is 1.55 bits per heavy atom. The Kier molecular flexibility index (Phi) is 5.54. The zero-order valence-corrected chi connectivity index (χ0v) is 19.0. The van der Waals surface area contributed by atoms with Crippen molar-refractivity contribution >= 4 is 28.9 Å². The smallest absolute Gasteiger partial charge is 0.263 e. The number of nitrogens with zero attached hydrogens (tertiary/aromatic N) is 1. The number of rotatable bonds is 4. The number of carbonyl (C=O) groups excluding carboxylic acids is 1. The third-order valence-electron chi connectivity index (χ3n) is 5.75. The predicted molar refractivity (Wildman–Crippen MR) is 123 cm³/mol. The molecule has 0 fully saturated rings. The van der Waals surface area contributed by atoms with E-state index >= 15 is 0 Å². The van der Waals surface area contributed by atoms with Gasteiger partial charge >= 0.3 is 0 Å². The summed E-state index contributed by atoms with van der Waals surface area (Å²) in [5.74, 6) is 1.10. The fourth-order valence-electron chi connectivity index (χ4n) is 4.16. The number of fused-ring (bicyclic) bond motifs is 2. The van der Waals surface area contributed by atoms with E-state index in [1.807, 2.05) is 31.2 Å². The van der Waals surface area contributed by atoms with Gasteiger partial charge in [0.15, 0.2) is 11.5 Å². The Bertz CT molecular complexity index is 1160. The number of anilines is 2. The molecule has 3 aromatic rings. The summed E-state index contributed by atoms with van der Waals surface area (Å²) >= 11 is 6.56. The molecule has 1 heterocycles. The first-order valence-corrected chi connectivity index (χ1v) is 10.3. The molecule has 1 amide bonds. The minimum Gasteiger partial charge on any atom is -0.493 e. The molecule has 0 aliphatic carbocycles. The Labute approximate surface area is 187 Å². The van der Waals surface area contributed by atoms with Crippen LogP contribution in [-0.4, -0.2) is 27.2 Å². The number of halogens is 1. The number of aryl methyl sites for hydroxylation is 2. The van der Waals surface area contributed by atoms with Crippen molar-refractivity contribution in [2.75, 3.05) is 26.2 Å². The van der Waals surface area contributed by atoms with E-state index in [4.69, 9.17) is 25.8 Å². The summed E-state index contributed by atoms with van der Waals surface area (Å²) in [5.41, 5.74) is 6.28. The number of methoxy groups -OCH3 is 3. The zero-order valence-electron chi connectivity index (χ0n) is 18.2. The molecule has 0 unspecified atom stereocenters. The van der Waals surface area contributed by atoms with Gasteiger partial charge in [0.1, 0.15) is 0 Å². The Morgan fingerprint density at radius 3 is 2.16 bits per heavy atom. The van der Waals surface area contributed by atoms with Gasteiger partial charge in [0.25, 0.3) is 5.91 Å². The molecule has 4 rings (SSSR count). The van der Waals surface area contributed by atoms with E-state index in [-0.39, 0.29) is 5.91 Å². The first-order valence-electron chi connectivity index (χ1n) is 9.92. The number of hydrogen-bond donors (Lipinski definition) is 0. The Morgan fingerprint density at radius 1 is 0.903 bits per heavy atom. The lowest BCUT2D eigenvalue weighted by atomic mass is 9.89. The van der Waals surface area contributed by atoms with Gasteiger partial charge in [0.2, 0.25) is 5.75 Å². The fraction of sp³-hybridized carbons (Fsp3) is 0.240. The SMILES string of the molecule is COc1cc(C(=O)N2c3cccc(Cl)c3Cc3c(C)ccc(C)c32)cc(OC)c1OC. The maximum Gasteiger partial charge on any atom is 0.263 e. The van der Waals surface area contributed by atoms with Gasteiger partial charge in [-0.15, -0.1) is 0 Å². The second-order valence-electron chi connectivity index (χ2n) is 7.50. The van der Waals surface area contributed by atoms with Crippen LogP contribution in [0.2, 0.25) is 5.02 Å². The predicted octanol–water partition coefficient (Wildman–Crippen LogP) is 5.87. The van der Waals surface area contributed by atoms with Crippen LogP contribution in [0.5, 0.6) is 17.2 Å². The average molecular weight is 438 g/mol. The van der Waals surface area contributed by atoms with Crippen LogP contribution < -0.4 is 19.1 Å². The third-order valence-corrected chi connectivity index (χ3v) is 6.10. The van der Waals surface area contributed by atoms with E-state index < -0.39 is 0 Å². The lowest BCUT2D eigenvalue weighted by molar-refractivity contribution is 0.0997. The van der Waals surface area contributed by atoms with E-state index in [9.17, 15) is 4.79 Å². The fourth-order valence-corrected chi connectivity index (χ4v) is 4.40. The van der Waals surface area contributed by atoms with Gasteiger partial charge in [-0.25, -0.2) is 0 Å². The molecule has 0 spiro atoms. The van der Waals surface area contributed by atoms with Gasteiger partial charge in [0.05, 0.1) is 32.7 Å². The summed E-state index contributed by atoms with van der Waals surface area (Å²) in [5, 5.41) is 0.645. The maximum absolute atomic E-state index is 14.0. The maximum atomic E-state index is 14.0. The number of benzene rings is 3. The quantitative estimate of drug-likeness (QED) is 0.512. The summed E-state index contributed by atoms with van der Waals surface area (Å²) in [6, 6.07) is 13.1. The van der Waals surface area contributed by atoms with E-state index in [0.717, 1.165) is 33.6 Å². The highest BCUT2D eigenvalue weighted by Gasteiger charge is 2.32. The van der Waals surface area contributed by atoms with E-state index in [1.165, 1.54) is 21.3 Å². The monoisotopic (exact) mass is 437 g/mol. The van der Waals surface area contributed by atoms with Gasteiger partial charge in [0, 0.05) is 17.0 Å². The van der Waals surface area contributed by atoms with Crippen LogP contribution in [0.1, 0.15) is 32.6 Å². The zero-order chi connectivity index (χ0) is 22.3. The summed E-state index contributed by atoms with van der Waals surface area (Å²) in [7, 11) is 4.60. The van der Waals surface area contributed by atoms with Crippen LogP contribution in [0.3, 0.4) is 0 Å². The van der Waals surface area contributed by atoms with Gasteiger partial charge in [-0.05, 0) is 60.4 Å². The largest absolute Gasteiger partial charge is 0.493 e. The van der Waals surface area contributed by atoms with Gasteiger partial charge < -0.3 is 14.2 Å². The molecule has 6 heteroatoms. The summed E-state index contributed by atoms with van der Waals surface area (Å²) in [6.45, 7) is 4.07. The minimum absolute atomic E-state index is 0.197. The van der Waals surface area contributed by atoms with Gasteiger partial charge in [-0.3, -0.25) is 9.69 Å². The molecule has 0 atom stereocenters. The molecular weight excluding hydrogens is 414 g/mol. The Hall–Kier alpha value is -3.18. The van der Waals surface area contributed by atoms with E-state index in [1.54, 1.807) is 17.0 Å². The molecule has 1 aliphatic rings. The van der Waals surface area contributed by atoms with Crippen molar-refractivity contribution in [3.63, 3.8) is 0 Å². The normalized spacial score (nSPS) is 12.1. The van der Waals surface area contributed by atoms with Crippen LogP contribution in [0.4, 0.5) is 11.4 Å². The third kappa shape index (κ3) is 3.39. The average Bonchev–Trinajstić information content (AvgIpc) is 2.79. The summed E-state index contributed by atoms with van der Waals surface area (Å²) < 4.78 is 16.3. The van der Waals surface area contributed by atoms with Gasteiger partial charge in [-0.2, -0.15) is 0 Å². The number of ether oxygens (including phenoxy) is 3. The van der Waals surface area contributed by atoms with Crippen molar-refractivity contribution in [2.24, 2.45) is 0 Å². The molecule has 160 valence electrons. The number of hydrogen-bond acceptors (Lipinski definition) is 4. The van der Waals surface area contributed by atoms with Crippen molar-refractivity contribution in [1.29, 1.82) is 0 Å². The molecule has 3 aromatic carbocycles. The van der Waals surface area contributed by atoms with Crippen LogP contribution in [0, 0.1) is 13.8 Å². The molecule has 0 saturated heterocycles. The number of amides is 1. The molecule has 0 bridgehead atoms. The van der Waals surface area contributed by atoms with Crippen molar-refractivity contribution in [2.45, 2.75) is 20.3 Å². The highest BCUT2D eigenvalue weighted by atomic mass is 35.5. The molecular formula is C25H24ClNO4. The van der Waals surface area contributed by atoms with Crippen LogP contribution >= 0.6 is 11.6 Å². The molecule has 1 aliphatic heterocycles.